The fourth-order valence-corrected chi connectivity index (χ4v) is 1.20. The number of nitrogens with one attached hydrogen (secondary N) is 1. The fraction of sp³-hybridized carbons (Fsp3) is 0.917. The first-order valence-corrected chi connectivity index (χ1v) is 5.94. The number of amides is 1. The lowest BCUT2D eigenvalue weighted by molar-refractivity contribution is -0.122. The number of carbonyl (C=O) groups is 1. The van der Waals surface area contributed by atoms with E-state index in [0.29, 0.717) is 25.5 Å². The summed E-state index contributed by atoms with van der Waals surface area (Å²) in [7, 11) is 0. The van der Waals surface area contributed by atoms with E-state index >= 15 is 0 Å². The molecule has 0 radical (unpaired) electrons. The van der Waals surface area contributed by atoms with E-state index in [-0.39, 0.29) is 5.91 Å². The van der Waals surface area contributed by atoms with E-state index < -0.39 is 5.54 Å². The molecule has 0 aromatic rings. The summed E-state index contributed by atoms with van der Waals surface area (Å²) in [6, 6.07) is 0. The summed E-state index contributed by atoms with van der Waals surface area (Å²) >= 11 is 0. The van der Waals surface area contributed by atoms with Crippen molar-refractivity contribution < 1.29 is 9.53 Å². The summed E-state index contributed by atoms with van der Waals surface area (Å²) in [5.74, 6) is 0.573. The third-order valence-corrected chi connectivity index (χ3v) is 1.85. The molecule has 0 atom stereocenters. The van der Waals surface area contributed by atoms with E-state index in [0.717, 1.165) is 13.0 Å². The maximum atomic E-state index is 11.4. The van der Waals surface area contributed by atoms with E-state index in [4.69, 9.17) is 10.5 Å². The molecule has 0 aliphatic rings. The predicted octanol–water partition coefficient (Wildman–Crippen LogP) is 1.29. The molecule has 4 nitrogen and oxygen atoms in total. The Hall–Kier alpha value is -0.610. The zero-order valence-electron chi connectivity index (χ0n) is 11.0. The van der Waals surface area contributed by atoms with E-state index in [9.17, 15) is 4.79 Å². The first-order chi connectivity index (χ1) is 7.31. The smallest absolute Gasteiger partial charge is 0.221 e. The van der Waals surface area contributed by atoms with Crippen LogP contribution in [0.2, 0.25) is 0 Å². The molecule has 0 heterocycles. The maximum Gasteiger partial charge on any atom is 0.221 e. The third kappa shape index (κ3) is 11.5. The molecule has 1 amide bonds. The lowest BCUT2D eigenvalue weighted by Crippen LogP contribution is -2.39. The summed E-state index contributed by atoms with van der Waals surface area (Å²) in [6.45, 7) is 10.1. The first-order valence-electron chi connectivity index (χ1n) is 5.94. The standard InChI is InChI=1S/C12H26N2O2/c1-10(2)9-16-7-5-6-14-11(15)8-12(3,4)13/h10H,5-9,13H2,1-4H3,(H,14,15). The largest absolute Gasteiger partial charge is 0.381 e. The Bertz CT molecular complexity index is 198. The summed E-state index contributed by atoms with van der Waals surface area (Å²) in [5, 5.41) is 2.83. The number of hydrogen-bond acceptors (Lipinski definition) is 3. The van der Waals surface area contributed by atoms with Crippen molar-refractivity contribution in [1.82, 2.24) is 5.32 Å². The predicted molar refractivity (Wildman–Crippen MR) is 66.2 cm³/mol. The van der Waals surface area contributed by atoms with Crippen LogP contribution in [-0.2, 0) is 9.53 Å². The van der Waals surface area contributed by atoms with Crippen LogP contribution < -0.4 is 11.1 Å². The summed E-state index contributed by atoms with van der Waals surface area (Å²) in [4.78, 5) is 11.4. The highest BCUT2D eigenvalue weighted by Crippen LogP contribution is 2.02. The molecule has 0 fully saturated rings. The molecule has 0 rings (SSSR count). The third-order valence-electron chi connectivity index (χ3n) is 1.85. The van der Waals surface area contributed by atoms with E-state index in [1.165, 1.54) is 0 Å². The Morgan fingerprint density at radius 2 is 2.06 bits per heavy atom. The zero-order chi connectivity index (χ0) is 12.6. The summed E-state index contributed by atoms with van der Waals surface area (Å²) in [5.41, 5.74) is 5.30. The number of nitrogens with two attached hydrogens (primary N) is 1. The average Bonchev–Trinajstić information content (AvgIpc) is 2.07. The van der Waals surface area contributed by atoms with Gasteiger partial charge in [-0.05, 0) is 26.2 Å². The minimum absolute atomic E-state index is 0.0105. The van der Waals surface area contributed by atoms with Gasteiger partial charge in [0.05, 0.1) is 0 Å². The normalized spacial score (nSPS) is 11.9. The van der Waals surface area contributed by atoms with Gasteiger partial charge < -0.3 is 15.8 Å². The van der Waals surface area contributed by atoms with Crippen LogP contribution in [-0.4, -0.2) is 31.2 Å². The van der Waals surface area contributed by atoms with Crippen LogP contribution in [0.4, 0.5) is 0 Å². The first kappa shape index (κ1) is 15.4. The minimum atomic E-state index is -0.432. The molecule has 0 aliphatic carbocycles. The Morgan fingerprint density at radius 1 is 1.44 bits per heavy atom. The van der Waals surface area contributed by atoms with Crippen LogP contribution in [0.25, 0.3) is 0 Å². The van der Waals surface area contributed by atoms with Gasteiger partial charge in [0.25, 0.3) is 0 Å². The van der Waals surface area contributed by atoms with E-state index in [2.05, 4.69) is 19.2 Å². The fourth-order valence-electron chi connectivity index (χ4n) is 1.20. The van der Waals surface area contributed by atoms with Gasteiger partial charge in [-0.2, -0.15) is 0 Å². The van der Waals surface area contributed by atoms with Gasteiger partial charge in [0.2, 0.25) is 5.91 Å². The van der Waals surface area contributed by atoms with Crippen molar-refractivity contribution in [1.29, 1.82) is 0 Å². The molecule has 0 aromatic heterocycles. The highest BCUT2D eigenvalue weighted by Gasteiger charge is 2.15. The van der Waals surface area contributed by atoms with Crippen molar-refractivity contribution in [2.45, 2.75) is 46.1 Å². The Morgan fingerprint density at radius 3 is 2.56 bits per heavy atom. The second-order valence-electron chi connectivity index (χ2n) is 5.34. The molecule has 0 bridgehead atoms. The van der Waals surface area contributed by atoms with Gasteiger partial charge in [-0.25, -0.2) is 0 Å². The molecule has 3 N–H and O–H groups in total. The van der Waals surface area contributed by atoms with Crippen LogP contribution in [0.5, 0.6) is 0 Å². The Labute approximate surface area is 98.9 Å². The molecule has 0 spiro atoms. The molecule has 0 aromatic carbocycles. The van der Waals surface area contributed by atoms with Crippen LogP contribution in [0, 0.1) is 5.92 Å². The van der Waals surface area contributed by atoms with E-state index in [1.54, 1.807) is 0 Å². The van der Waals surface area contributed by atoms with Gasteiger partial charge in [0.1, 0.15) is 0 Å². The van der Waals surface area contributed by atoms with Gasteiger partial charge in [-0.1, -0.05) is 13.8 Å². The highest BCUT2D eigenvalue weighted by atomic mass is 16.5. The second-order valence-corrected chi connectivity index (χ2v) is 5.34. The van der Waals surface area contributed by atoms with Gasteiger partial charge in [0, 0.05) is 31.7 Å². The topological polar surface area (TPSA) is 64.3 Å². The number of hydrogen-bond donors (Lipinski definition) is 2. The molecule has 0 saturated carbocycles. The highest BCUT2D eigenvalue weighted by molar-refractivity contribution is 5.76. The van der Waals surface area contributed by atoms with Gasteiger partial charge >= 0.3 is 0 Å². The zero-order valence-corrected chi connectivity index (χ0v) is 11.0. The molecule has 0 unspecified atom stereocenters. The van der Waals surface area contributed by atoms with Gasteiger partial charge in [-0.3, -0.25) is 4.79 Å². The van der Waals surface area contributed by atoms with Crippen LogP contribution in [0.3, 0.4) is 0 Å². The van der Waals surface area contributed by atoms with Gasteiger partial charge in [0.15, 0.2) is 0 Å². The van der Waals surface area contributed by atoms with Crippen molar-refractivity contribution in [3.8, 4) is 0 Å². The minimum Gasteiger partial charge on any atom is -0.381 e. The summed E-state index contributed by atoms with van der Waals surface area (Å²) < 4.78 is 5.40. The van der Waals surface area contributed by atoms with Crippen LogP contribution in [0.15, 0.2) is 0 Å². The molecule has 4 heteroatoms. The quantitative estimate of drug-likeness (QED) is 0.618. The molecule has 0 aliphatic heterocycles. The average molecular weight is 230 g/mol. The number of ether oxygens (including phenoxy) is 1. The number of rotatable bonds is 8. The van der Waals surface area contributed by atoms with Gasteiger partial charge in [-0.15, -0.1) is 0 Å². The molecule has 16 heavy (non-hydrogen) atoms. The van der Waals surface area contributed by atoms with Crippen molar-refractivity contribution >= 4 is 5.91 Å². The second kappa shape index (κ2) is 7.63. The lowest BCUT2D eigenvalue weighted by Gasteiger charge is -2.17. The van der Waals surface area contributed by atoms with Crippen LogP contribution in [0.1, 0.15) is 40.5 Å². The van der Waals surface area contributed by atoms with Crippen molar-refractivity contribution in [2.24, 2.45) is 11.7 Å². The SMILES string of the molecule is CC(C)COCCCNC(=O)CC(C)(C)N. The molecule has 0 saturated heterocycles. The van der Waals surface area contributed by atoms with Crippen molar-refractivity contribution in [3.63, 3.8) is 0 Å². The summed E-state index contributed by atoms with van der Waals surface area (Å²) in [6.07, 6.45) is 1.21. The molecule has 96 valence electrons. The molecular weight excluding hydrogens is 204 g/mol. The monoisotopic (exact) mass is 230 g/mol. The van der Waals surface area contributed by atoms with Crippen molar-refractivity contribution in [2.75, 3.05) is 19.8 Å². The van der Waals surface area contributed by atoms with E-state index in [1.807, 2.05) is 13.8 Å². The maximum absolute atomic E-state index is 11.4. The Balaban J connectivity index is 3.35. The molecular formula is C12H26N2O2. The Kier molecular flexibility index (Phi) is 7.34. The van der Waals surface area contributed by atoms with Crippen molar-refractivity contribution in [3.05, 3.63) is 0 Å². The lowest BCUT2D eigenvalue weighted by atomic mass is 10.0. The number of carbonyl (C=O) groups excluding carboxylic acids is 1. The van der Waals surface area contributed by atoms with Crippen LogP contribution >= 0.6 is 0 Å².